The molecular weight excluding hydrogens is 392 g/mol. The van der Waals surface area contributed by atoms with Crippen LogP contribution in [0.25, 0.3) is 5.69 Å². The van der Waals surface area contributed by atoms with E-state index in [1.54, 1.807) is 41.2 Å². The molecule has 0 bridgehead atoms. The van der Waals surface area contributed by atoms with Gasteiger partial charge in [0, 0.05) is 23.1 Å². The van der Waals surface area contributed by atoms with E-state index in [1.165, 1.54) is 0 Å². The van der Waals surface area contributed by atoms with E-state index in [1.807, 2.05) is 24.4 Å². The first-order valence-corrected chi connectivity index (χ1v) is 9.55. The van der Waals surface area contributed by atoms with Gasteiger partial charge in [-0.2, -0.15) is 5.10 Å². The van der Waals surface area contributed by atoms with Crippen molar-refractivity contribution >= 4 is 29.1 Å². The number of nitrogens with zero attached hydrogens (tertiary/aromatic N) is 2. The summed E-state index contributed by atoms with van der Waals surface area (Å²) in [5.74, 6) is -0.137. The van der Waals surface area contributed by atoms with E-state index in [2.05, 4.69) is 15.7 Å². The minimum atomic E-state index is -0.359. The van der Waals surface area contributed by atoms with Gasteiger partial charge >= 0.3 is 0 Å². The molecule has 1 aromatic heterocycles. The number of carbonyl (C=O) groups excluding carboxylic acids is 2. The second-order valence-electron chi connectivity index (χ2n) is 6.73. The lowest BCUT2D eigenvalue weighted by atomic mass is 9.96. The third kappa shape index (κ3) is 4.57. The zero-order chi connectivity index (χ0) is 20.2. The molecule has 0 saturated heterocycles. The van der Waals surface area contributed by atoms with Crippen molar-refractivity contribution in [1.29, 1.82) is 0 Å². The van der Waals surface area contributed by atoms with Crippen LogP contribution in [0.1, 0.15) is 5.56 Å². The second kappa shape index (κ2) is 8.36. The summed E-state index contributed by atoms with van der Waals surface area (Å²) in [5.41, 5.74) is 2.43. The molecule has 0 aliphatic carbocycles. The number of fused-ring (bicyclic) bond motifs is 1. The largest absolute Gasteiger partial charge is 0.492 e. The van der Waals surface area contributed by atoms with Crippen LogP contribution in [0.2, 0.25) is 5.02 Å². The Morgan fingerprint density at radius 1 is 1.21 bits per heavy atom. The summed E-state index contributed by atoms with van der Waals surface area (Å²) < 4.78 is 7.35. The Balaban J connectivity index is 1.28. The molecule has 3 aromatic rings. The molecule has 0 unspecified atom stereocenters. The van der Waals surface area contributed by atoms with Crippen LogP contribution in [-0.4, -0.2) is 34.7 Å². The minimum Gasteiger partial charge on any atom is -0.492 e. The molecule has 1 aliphatic rings. The third-order valence-corrected chi connectivity index (χ3v) is 4.88. The summed E-state index contributed by atoms with van der Waals surface area (Å²) >= 11 is 6.01. The maximum Gasteiger partial charge on any atom is 0.243 e. The summed E-state index contributed by atoms with van der Waals surface area (Å²) in [6.07, 6.45) is 4.06. The molecule has 0 spiro atoms. The van der Waals surface area contributed by atoms with Crippen molar-refractivity contribution in [2.45, 2.75) is 6.42 Å². The molecule has 4 rings (SSSR count). The lowest BCUT2D eigenvalue weighted by molar-refractivity contribution is -0.128. The van der Waals surface area contributed by atoms with E-state index in [9.17, 15) is 9.59 Å². The molecule has 0 radical (unpaired) electrons. The van der Waals surface area contributed by atoms with Gasteiger partial charge in [0.1, 0.15) is 12.4 Å². The molecule has 2 amide bonds. The fraction of sp³-hybridized carbons (Fsp3) is 0.190. The van der Waals surface area contributed by atoms with Gasteiger partial charge in [0.15, 0.2) is 0 Å². The van der Waals surface area contributed by atoms with E-state index < -0.39 is 0 Å². The summed E-state index contributed by atoms with van der Waals surface area (Å²) in [5, 5.41) is 10.2. The minimum absolute atomic E-state index is 0.112. The van der Waals surface area contributed by atoms with E-state index in [4.69, 9.17) is 16.3 Å². The average molecular weight is 411 g/mol. The van der Waals surface area contributed by atoms with Crippen molar-refractivity contribution in [1.82, 2.24) is 15.1 Å². The van der Waals surface area contributed by atoms with Crippen LogP contribution in [0, 0.1) is 5.92 Å². The fourth-order valence-electron chi connectivity index (χ4n) is 3.17. The third-order valence-electron chi connectivity index (χ3n) is 4.64. The Hall–Kier alpha value is -3.32. The highest BCUT2D eigenvalue weighted by molar-refractivity contribution is 6.30. The molecule has 0 saturated carbocycles. The standard InChI is InChI=1S/C21H19ClN4O3/c22-16-2-7-19-14(11-16)10-15(13-29-19)21(28)23-12-20(27)25-17-3-5-18(6-4-17)26-9-1-8-24-26/h1-9,11,15H,10,12-13H2,(H,23,28)(H,25,27)/t15-/m1/s1. The van der Waals surface area contributed by atoms with Crippen molar-refractivity contribution < 1.29 is 14.3 Å². The van der Waals surface area contributed by atoms with Gasteiger partial charge < -0.3 is 15.4 Å². The van der Waals surface area contributed by atoms with Gasteiger partial charge in [-0.25, -0.2) is 4.68 Å². The maximum absolute atomic E-state index is 12.4. The lowest BCUT2D eigenvalue weighted by Gasteiger charge is -2.24. The first-order valence-electron chi connectivity index (χ1n) is 9.17. The number of amides is 2. The molecule has 148 valence electrons. The van der Waals surface area contributed by atoms with Crippen molar-refractivity contribution in [3.8, 4) is 11.4 Å². The number of hydrogen-bond donors (Lipinski definition) is 2. The van der Waals surface area contributed by atoms with Crippen molar-refractivity contribution in [2.75, 3.05) is 18.5 Å². The number of halogens is 1. The maximum atomic E-state index is 12.4. The lowest BCUT2D eigenvalue weighted by Crippen LogP contribution is -2.40. The van der Waals surface area contributed by atoms with Crippen molar-refractivity contribution in [2.24, 2.45) is 5.92 Å². The first-order chi connectivity index (χ1) is 14.1. The number of hydrogen-bond acceptors (Lipinski definition) is 4. The highest BCUT2D eigenvalue weighted by Crippen LogP contribution is 2.29. The van der Waals surface area contributed by atoms with Gasteiger partial charge in [-0.1, -0.05) is 11.6 Å². The van der Waals surface area contributed by atoms with Crippen LogP contribution in [0.5, 0.6) is 5.75 Å². The zero-order valence-electron chi connectivity index (χ0n) is 15.5. The SMILES string of the molecule is O=C(CNC(=O)[C@H]1COc2ccc(Cl)cc2C1)Nc1ccc(-n2cccn2)cc1. The quantitative estimate of drug-likeness (QED) is 0.677. The number of carbonyl (C=O) groups is 2. The number of aromatic nitrogens is 2. The average Bonchev–Trinajstić information content (AvgIpc) is 3.27. The Kier molecular flexibility index (Phi) is 5.48. The van der Waals surface area contributed by atoms with E-state index in [0.29, 0.717) is 17.1 Å². The predicted molar refractivity (Wildman–Crippen MR) is 109 cm³/mol. The first kappa shape index (κ1) is 19.0. The molecule has 29 heavy (non-hydrogen) atoms. The number of anilines is 1. The van der Waals surface area contributed by atoms with Crippen molar-refractivity contribution in [3.63, 3.8) is 0 Å². The highest BCUT2D eigenvalue weighted by Gasteiger charge is 2.26. The van der Waals surface area contributed by atoms with Crippen LogP contribution in [0.3, 0.4) is 0 Å². The molecule has 1 atom stereocenters. The number of benzene rings is 2. The van der Waals surface area contributed by atoms with E-state index in [-0.39, 0.29) is 30.9 Å². The molecule has 8 heteroatoms. The van der Waals surface area contributed by atoms with Crippen LogP contribution < -0.4 is 15.4 Å². The molecule has 0 fully saturated rings. The van der Waals surface area contributed by atoms with Crippen LogP contribution in [0.15, 0.2) is 60.9 Å². The molecule has 2 aromatic carbocycles. The smallest absolute Gasteiger partial charge is 0.243 e. The van der Waals surface area contributed by atoms with Crippen LogP contribution in [0.4, 0.5) is 5.69 Å². The molecule has 7 nitrogen and oxygen atoms in total. The molecular formula is C21H19ClN4O3. The Morgan fingerprint density at radius 3 is 2.79 bits per heavy atom. The van der Waals surface area contributed by atoms with Gasteiger partial charge in [0.2, 0.25) is 11.8 Å². The van der Waals surface area contributed by atoms with E-state index in [0.717, 1.165) is 17.0 Å². The van der Waals surface area contributed by atoms with Gasteiger partial charge in [0.05, 0.1) is 18.2 Å². The topological polar surface area (TPSA) is 85.3 Å². The Morgan fingerprint density at radius 2 is 2.03 bits per heavy atom. The predicted octanol–water partition coefficient (Wildman–Crippen LogP) is 2.83. The molecule has 1 aliphatic heterocycles. The normalized spacial score (nSPS) is 15.1. The summed E-state index contributed by atoms with van der Waals surface area (Å²) in [7, 11) is 0. The van der Waals surface area contributed by atoms with Crippen molar-refractivity contribution in [3.05, 3.63) is 71.5 Å². The summed E-state index contributed by atoms with van der Waals surface area (Å²) in [4.78, 5) is 24.6. The number of ether oxygens (including phenoxy) is 1. The van der Waals surface area contributed by atoms with Crippen LogP contribution in [-0.2, 0) is 16.0 Å². The second-order valence-corrected chi connectivity index (χ2v) is 7.16. The zero-order valence-corrected chi connectivity index (χ0v) is 16.2. The van der Waals surface area contributed by atoms with Crippen LogP contribution >= 0.6 is 11.6 Å². The number of rotatable bonds is 5. The van der Waals surface area contributed by atoms with Gasteiger partial charge in [-0.3, -0.25) is 9.59 Å². The highest BCUT2D eigenvalue weighted by atomic mass is 35.5. The summed E-state index contributed by atoms with van der Waals surface area (Å²) in [6, 6.07) is 14.5. The Bertz CT molecular complexity index is 1020. The molecule has 2 N–H and O–H groups in total. The fourth-order valence-corrected chi connectivity index (χ4v) is 3.36. The summed E-state index contributed by atoms with van der Waals surface area (Å²) in [6.45, 7) is 0.162. The van der Waals surface area contributed by atoms with E-state index >= 15 is 0 Å². The van der Waals surface area contributed by atoms with Gasteiger partial charge in [0.25, 0.3) is 0 Å². The van der Waals surface area contributed by atoms with Gasteiger partial charge in [-0.15, -0.1) is 0 Å². The Labute approximate surface area is 172 Å². The molecule has 2 heterocycles. The number of nitrogens with one attached hydrogen (secondary N) is 2. The monoisotopic (exact) mass is 410 g/mol. The van der Waals surface area contributed by atoms with Gasteiger partial charge in [-0.05, 0) is 60.5 Å².